The van der Waals surface area contributed by atoms with E-state index >= 15 is 0 Å². The van der Waals surface area contributed by atoms with E-state index in [1.165, 1.54) is 0 Å². The van der Waals surface area contributed by atoms with Crippen molar-refractivity contribution in [1.82, 2.24) is 0 Å². The van der Waals surface area contributed by atoms with Crippen LogP contribution in [-0.4, -0.2) is 18.4 Å². The van der Waals surface area contributed by atoms with E-state index < -0.39 is 19.8 Å². The van der Waals surface area contributed by atoms with E-state index in [9.17, 15) is 4.57 Å². The molecule has 0 rings (SSSR count). The molecule has 0 aromatic heterocycles. The van der Waals surface area contributed by atoms with Crippen LogP contribution in [0.1, 0.15) is 33.6 Å². The summed E-state index contributed by atoms with van der Waals surface area (Å²) in [6.07, 6.45) is 11.3. The summed E-state index contributed by atoms with van der Waals surface area (Å²) in [5, 5.41) is 0. The molecule has 90 valence electrons. The molecule has 0 aliphatic heterocycles. The highest BCUT2D eigenvalue weighted by Gasteiger charge is 2.28. The van der Waals surface area contributed by atoms with Gasteiger partial charge in [-0.05, 0) is 20.3 Å². The van der Waals surface area contributed by atoms with Crippen LogP contribution >= 0.6 is 7.60 Å². The van der Waals surface area contributed by atoms with Gasteiger partial charge >= 0.3 is 7.60 Å². The summed E-state index contributed by atoms with van der Waals surface area (Å²) >= 11 is 0. The van der Waals surface area contributed by atoms with Gasteiger partial charge in [-0.3, -0.25) is 13.6 Å². The van der Waals surface area contributed by atoms with E-state index in [4.69, 9.17) is 21.9 Å². The summed E-state index contributed by atoms with van der Waals surface area (Å²) in [6.45, 7) is 5.31. The lowest BCUT2D eigenvalue weighted by molar-refractivity contribution is 0.171. The SMILES string of the molecule is C#CC(C)OP(=O)(CCCC)OC(C)C#C. The molecule has 3 nitrogen and oxygen atoms in total. The van der Waals surface area contributed by atoms with Gasteiger partial charge in [0.15, 0.2) is 0 Å². The molecule has 0 saturated heterocycles. The van der Waals surface area contributed by atoms with E-state index in [1.807, 2.05) is 6.92 Å². The average molecular weight is 242 g/mol. The fraction of sp³-hybridized carbons (Fsp3) is 0.667. The lowest BCUT2D eigenvalue weighted by Crippen LogP contribution is -2.12. The van der Waals surface area contributed by atoms with Crippen molar-refractivity contribution >= 4 is 7.60 Å². The van der Waals surface area contributed by atoms with Gasteiger partial charge in [-0.15, -0.1) is 12.8 Å². The summed E-state index contributed by atoms with van der Waals surface area (Å²) in [4.78, 5) is 0. The molecule has 0 radical (unpaired) electrons. The molecule has 2 unspecified atom stereocenters. The molecular formula is C12H19O3P. The molecule has 0 N–H and O–H groups in total. The zero-order chi connectivity index (χ0) is 12.6. The molecular weight excluding hydrogens is 223 g/mol. The zero-order valence-corrected chi connectivity index (χ0v) is 11.0. The molecule has 0 amide bonds. The van der Waals surface area contributed by atoms with Crippen LogP contribution in [0, 0.1) is 24.7 Å². The maximum Gasteiger partial charge on any atom is 0.333 e. The quantitative estimate of drug-likeness (QED) is 0.508. The van der Waals surface area contributed by atoms with Gasteiger partial charge in [-0.2, -0.15) is 0 Å². The van der Waals surface area contributed by atoms with Gasteiger partial charge in [-0.1, -0.05) is 25.2 Å². The number of hydrogen-bond donors (Lipinski definition) is 0. The Balaban J connectivity index is 4.56. The van der Waals surface area contributed by atoms with E-state index in [0.29, 0.717) is 6.16 Å². The summed E-state index contributed by atoms with van der Waals surface area (Å²) in [5.74, 6) is 4.72. The Morgan fingerprint density at radius 1 is 1.19 bits per heavy atom. The average Bonchev–Trinajstić information content (AvgIpc) is 2.25. The standard InChI is InChI=1S/C12H19O3P/c1-6-9-10-16(13,14-11(4)7-2)15-12(5)8-3/h2-3,11-12H,6,9-10H2,1,4-5H3. The Kier molecular flexibility index (Phi) is 7.18. The monoisotopic (exact) mass is 242 g/mol. The number of hydrogen-bond acceptors (Lipinski definition) is 3. The minimum atomic E-state index is -3.17. The van der Waals surface area contributed by atoms with E-state index in [1.54, 1.807) is 13.8 Å². The van der Waals surface area contributed by atoms with Crippen LogP contribution in [0.3, 0.4) is 0 Å². The summed E-state index contributed by atoms with van der Waals surface area (Å²) in [6, 6.07) is 0. The predicted octanol–water partition coefficient (Wildman–Crippen LogP) is 3.06. The summed E-state index contributed by atoms with van der Waals surface area (Å²) in [5.41, 5.74) is 0. The Morgan fingerprint density at radius 3 is 1.94 bits per heavy atom. The number of unbranched alkanes of at least 4 members (excludes halogenated alkanes) is 1. The molecule has 0 aromatic carbocycles. The normalized spacial score (nSPS) is 17.8. The number of rotatable bonds is 7. The third-order valence-electron chi connectivity index (χ3n) is 1.89. The second kappa shape index (κ2) is 7.53. The Morgan fingerprint density at radius 2 is 1.62 bits per heavy atom. The van der Waals surface area contributed by atoms with Crippen LogP contribution in [0.25, 0.3) is 0 Å². The first kappa shape index (κ1) is 15.3. The molecule has 0 aromatic rings. The Hall–Kier alpha value is -0.730. The molecule has 0 aliphatic rings. The van der Waals surface area contributed by atoms with Crippen molar-refractivity contribution in [3.63, 3.8) is 0 Å². The molecule has 0 spiro atoms. The van der Waals surface area contributed by atoms with E-state index in [0.717, 1.165) is 12.8 Å². The van der Waals surface area contributed by atoms with Crippen molar-refractivity contribution in [3.8, 4) is 24.7 Å². The van der Waals surface area contributed by atoms with Crippen LogP contribution in [-0.2, 0) is 13.6 Å². The van der Waals surface area contributed by atoms with Gasteiger partial charge in [0, 0.05) is 0 Å². The third kappa shape index (κ3) is 5.99. The molecule has 0 bridgehead atoms. The van der Waals surface area contributed by atoms with Crippen molar-refractivity contribution in [3.05, 3.63) is 0 Å². The largest absolute Gasteiger partial charge is 0.333 e. The van der Waals surface area contributed by atoms with E-state index in [-0.39, 0.29) is 0 Å². The summed E-state index contributed by atoms with van der Waals surface area (Å²) < 4.78 is 22.8. The first-order chi connectivity index (χ1) is 7.47. The van der Waals surface area contributed by atoms with Crippen LogP contribution < -0.4 is 0 Å². The molecule has 0 fully saturated rings. The zero-order valence-electron chi connectivity index (χ0n) is 10.1. The van der Waals surface area contributed by atoms with Crippen molar-refractivity contribution in [2.24, 2.45) is 0 Å². The topological polar surface area (TPSA) is 35.5 Å². The molecule has 2 atom stereocenters. The van der Waals surface area contributed by atoms with Crippen molar-refractivity contribution in [2.45, 2.75) is 45.8 Å². The van der Waals surface area contributed by atoms with Gasteiger partial charge in [-0.25, -0.2) is 0 Å². The minimum Gasteiger partial charge on any atom is -0.292 e. The van der Waals surface area contributed by atoms with Gasteiger partial charge in [0.25, 0.3) is 0 Å². The van der Waals surface area contributed by atoms with Gasteiger partial charge in [0.2, 0.25) is 0 Å². The maximum atomic E-state index is 12.3. The van der Waals surface area contributed by atoms with Crippen LogP contribution in [0.5, 0.6) is 0 Å². The fourth-order valence-corrected chi connectivity index (χ4v) is 3.07. The smallest absolute Gasteiger partial charge is 0.292 e. The first-order valence-electron chi connectivity index (χ1n) is 5.35. The molecule has 0 heterocycles. The minimum absolute atomic E-state index is 0.349. The van der Waals surface area contributed by atoms with Crippen LogP contribution in [0.4, 0.5) is 0 Å². The highest BCUT2D eigenvalue weighted by Crippen LogP contribution is 2.51. The predicted molar refractivity (Wildman–Crippen MR) is 66.1 cm³/mol. The Bertz CT molecular complexity index is 298. The van der Waals surface area contributed by atoms with Crippen LogP contribution in [0.2, 0.25) is 0 Å². The van der Waals surface area contributed by atoms with Crippen molar-refractivity contribution in [2.75, 3.05) is 6.16 Å². The fourth-order valence-electron chi connectivity index (χ4n) is 1.02. The Labute approximate surface area is 98.4 Å². The first-order valence-corrected chi connectivity index (χ1v) is 7.08. The van der Waals surface area contributed by atoms with Crippen molar-refractivity contribution < 1.29 is 13.6 Å². The van der Waals surface area contributed by atoms with Crippen LogP contribution in [0.15, 0.2) is 0 Å². The second-order valence-corrected chi connectivity index (χ2v) is 5.61. The van der Waals surface area contributed by atoms with Gasteiger partial charge < -0.3 is 0 Å². The second-order valence-electron chi connectivity index (χ2n) is 3.52. The van der Waals surface area contributed by atoms with Crippen molar-refractivity contribution in [1.29, 1.82) is 0 Å². The molecule has 4 heteroatoms. The maximum absolute atomic E-state index is 12.3. The molecule has 0 aliphatic carbocycles. The van der Waals surface area contributed by atoms with E-state index in [2.05, 4.69) is 11.8 Å². The highest BCUT2D eigenvalue weighted by atomic mass is 31.2. The third-order valence-corrected chi connectivity index (χ3v) is 4.03. The lowest BCUT2D eigenvalue weighted by atomic mass is 10.4. The highest BCUT2D eigenvalue weighted by molar-refractivity contribution is 7.53. The number of terminal acetylenes is 2. The van der Waals surface area contributed by atoms with Gasteiger partial charge in [0.1, 0.15) is 12.2 Å². The molecule has 0 saturated carbocycles. The summed E-state index contributed by atoms with van der Waals surface area (Å²) in [7, 11) is -3.17. The molecule has 16 heavy (non-hydrogen) atoms. The lowest BCUT2D eigenvalue weighted by Gasteiger charge is -2.21. The van der Waals surface area contributed by atoms with Gasteiger partial charge in [0.05, 0.1) is 6.16 Å².